The van der Waals surface area contributed by atoms with Crippen LogP contribution in [0.5, 0.6) is 0 Å². The minimum Gasteiger partial charge on any atom is -0.357 e. The normalized spacial score (nSPS) is 11.1. The molecule has 0 amide bonds. The molecule has 0 aliphatic heterocycles. The van der Waals surface area contributed by atoms with E-state index in [1.54, 1.807) is 22.7 Å². The maximum absolute atomic E-state index is 6.06. The largest absolute Gasteiger partial charge is 0.357 e. The summed E-state index contributed by atoms with van der Waals surface area (Å²) < 4.78 is 1.09. The molecular formula is C23H16ClN3S2. The summed E-state index contributed by atoms with van der Waals surface area (Å²) in [5.41, 5.74) is 5.47. The average molecular weight is 434 g/mol. The molecule has 0 bridgehead atoms. The Kier molecular flexibility index (Phi) is 5.02. The summed E-state index contributed by atoms with van der Waals surface area (Å²) in [4.78, 5) is 9.40. The van der Waals surface area contributed by atoms with Gasteiger partial charge in [0.1, 0.15) is 5.01 Å². The first-order valence-corrected chi connectivity index (χ1v) is 11.2. The molecule has 5 aromatic rings. The van der Waals surface area contributed by atoms with Crippen molar-refractivity contribution in [3.8, 4) is 21.8 Å². The third-order valence-corrected chi connectivity index (χ3v) is 6.67. The van der Waals surface area contributed by atoms with Crippen LogP contribution in [0.4, 0.5) is 5.13 Å². The number of rotatable bonds is 5. The highest BCUT2D eigenvalue weighted by Crippen LogP contribution is 2.30. The van der Waals surface area contributed by atoms with E-state index in [4.69, 9.17) is 16.6 Å². The Morgan fingerprint density at radius 2 is 1.69 bits per heavy atom. The van der Waals surface area contributed by atoms with Crippen LogP contribution in [0.25, 0.3) is 32.0 Å². The number of nitrogens with one attached hydrogen (secondary N) is 1. The second kappa shape index (κ2) is 7.95. The van der Waals surface area contributed by atoms with Crippen LogP contribution >= 0.6 is 34.3 Å². The van der Waals surface area contributed by atoms with Gasteiger partial charge in [-0.15, -0.1) is 11.3 Å². The van der Waals surface area contributed by atoms with Crippen LogP contribution in [0.3, 0.4) is 0 Å². The van der Waals surface area contributed by atoms with Crippen LogP contribution in [0.1, 0.15) is 5.56 Å². The van der Waals surface area contributed by atoms with Crippen molar-refractivity contribution in [1.82, 2.24) is 9.97 Å². The van der Waals surface area contributed by atoms with Crippen molar-refractivity contribution in [3.63, 3.8) is 0 Å². The summed E-state index contributed by atoms with van der Waals surface area (Å²) in [5, 5.41) is 8.19. The molecule has 0 spiro atoms. The second-order valence-electron chi connectivity index (χ2n) is 6.59. The van der Waals surface area contributed by atoms with Gasteiger partial charge in [0, 0.05) is 28.1 Å². The molecule has 0 saturated heterocycles. The number of hydrogen-bond acceptors (Lipinski definition) is 5. The molecule has 0 fully saturated rings. The molecule has 0 saturated carbocycles. The van der Waals surface area contributed by atoms with Crippen molar-refractivity contribution in [1.29, 1.82) is 0 Å². The molecule has 3 aromatic carbocycles. The van der Waals surface area contributed by atoms with Gasteiger partial charge in [-0.25, -0.2) is 9.97 Å². The van der Waals surface area contributed by atoms with E-state index < -0.39 is 0 Å². The maximum Gasteiger partial charge on any atom is 0.184 e. The predicted octanol–water partition coefficient (Wildman–Crippen LogP) is 7.35. The summed E-state index contributed by atoms with van der Waals surface area (Å²) in [6, 6.07) is 24.6. The zero-order valence-corrected chi connectivity index (χ0v) is 17.7. The lowest BCUT2D eigenvalue weighted by atomic mass is 10.1. The van der Waals surface area contributed by atoms with Crippen molar-refractivity contribution in [2.24, 2.45) is 0 Å². The quantitative estimate of drug-likeness (QED) is 0.314. The van der Waals surface area contributed by atoms with Crippen LogP contribution in [0.2, 0.25) is 5.02 Å². The molecular weight excluding hydrogens is 418 g/mol. The third kappa shape index (κ3) is 4.03. The second-order valence-corrected chi connectivity index (χ2v) is 8.91. The topological polar surface area (TPSA) is 37.8 Å². The molecule has 3 nitrogen and oxygen atoms in total. The molecule has 2 aromatic heterocycles. The molecule has 0 unspecified atom stereocenters. The van der Waals surface area contributed by atoms with Crippen LogP contribution in [-0.4, -0.2) is 9.97 Å². The van der Waals surface area contributed by atoms with Crippen molar-refractivity contribution < 1.29 is 0 Å². The number of nitrogens with zero attached hydrogens (tertiary/aromatic N) is 2. The Labute approximate surface area is 181 Å². The molecule has 5 rings (SSSR count). The van der Waals surface area contributed by atoms with E-state index in [1.165, 1.54) is 5.56 Å². The average Bonchev–Trinajstić information content (AvgIpc) is 3.40. The van der Waals surface area contributed by atoms with E-state index in [0.29, 0.717) is 0 Å². The SMILES string of the molecule is Clc1ccc2nc(NCc3ccc(-c4nc(-c5ccccc5)cs4)cc3)sc2c1. The Morgan fingerprint density at radius 3 is 2.52 bits per heavy atom. The molecule has 1 N–H and O–H groups in total. The van der Waals surface area contributed by atoms with E-state index in [9.17, 15) is 0 Å². The number of benzene rings is 3. The molecule has 142 valence electrons. The summed E-state index contributed by atoms with van der Waals surface area (Å²) in [6.07, 6.45) is 0. The van der Waals surface area contributed by atoms with Crippen molar-refractivity contribution in [2.45, 2.75) is 6.54 Å². The zero-order valence-electron chi connectivity index (χ0n) is 15.3. The lowest BCUT2D eigenvalue weighted by Gasteiger charge is -2.04. The molecule has 0 aliphatic carbocycles. The van der Waals surface area contributed by atoms with Gasteiger partial charge in [-0.05, 0) is 23.8 Å². The first-order valence-electron chi connectivity index (χ1n) is 9.15. The van der Waals surface area contributed by atoms with E-state index in [-0.39, 0.29) is 0 Å². The number of fused-ring (bicyclic) bond motifs is 1. The fourth-order valence-electron chi connectivity index (χ4n) is 3.06. The third-order valence-electron chi connectivity index (χ3n) is 4.57. The number of halogens is 1. The van der Waals surface area contributed by atoms with E-state index in [0.717, 1.165) is 48.7 Å². The Balaban J connectivity index is 1.28. The Bertz CT molecular complexity index is 1260. The molecule has 0 radical (unpaired) electrons. The van der Waals surface area contributed by atoms with Gasteiger partial charge in [-0.1, -0.05) is 77.5 Å². The number of anilines is 1. The lowest BCUT2D eigenvalue weighted by Crippen LogP contribution is -1.98. The van der Waals surface area contributed by atoms with Gasteiger partial charge in [-0.3, -0.25) is 0 Å². The van der Waals surface area contributed by atoms with Crippen molar-refractivity contribution >= 4 is 49.6 Å². The van der Waals surface area contributed by atoms with Crippen LogP contribution in [-0.2, 0) is 6.54 Å². The highest BCUT2D eigenvalue weighted by atomic mass is 35.5. The number of thiazole rings is 2. The fourth-order valence-corrected chi connectivity index (χ4v) is 5.04. The molecule has 6 heteroatoms. The summed E-state index contributed by atoms with van der Waals surface area (Å²) in [6.45, 7) is 0.723. The van der Waals surface area contributed by atoms with Gasteiger partial charge in [0.25, 0.3) is 0 Å². The van der Waals surface area contributed by atoms with Gasteiger partial charge in [0.2, 0.25) is 0 Å². The summed E-state index contributed by atoms with van der Waals surface area (Å²) in [5.74, 6) is 0. The van der Waals surface area contributed by atoms with Crippen LogP contribution < -0.4 is 5.32 Å². The van der Waals surface area contributed by atoms with Crippen LogP contribution in [0, 0.1) is 0 Å². The molecule has 2 heterocycles. The fraction of sp³-hybridized carbons (Fsp3) is 0.0435. The van der Waals surface area contributed by atoms with Gasteiger partial charge in [0.15, 0.2) is 5.13 Å². The van der Waals surface area contributed by atoms with E-state index >= 15 is 0 Å². The molecule has 0 aliphatic rings. The lowest BCUT2D eigenvalue weighted by molar-refractivity contribution is 1.14. The highest BCUT2D eigenvalue weighted by molar-refractivity contribution is 7.22. The van der Waals surface area contributed by atoms with Gasteiger partial charge < -0.3 is 5.32 Å². The molecule has 0 atom stereocenters. The van der Waals surface area contributed by atoms with Crippen molar-refractivity contribution in [2.75, 3.05) is 5.32 Å². The molecule has 29 heavy (non-hydrogen) atoms. The first kappa shape index (κ1) is 18.3. The Morgan fingerprint density at radius 1 is 0.862 bits per heavy atom. The monoisotopic (exact) mass is 433 g/mol. The summed E-state index contributed by atoms with van der Waals surface area (Å²) in [7, 11) is 0. The van der Waals surface area contributed by atoms with Gasteiger partial charge in [-0.2, -0.15) is 0 Å². The predicted molar refractivity (Wildman–Crippen MR) is 125 cm³/mol. The minimum atomic E-state index is 0.723. The van der Waals surface area contributed by atoms with Gasteiger partial charge in [0.05, 0.1) is 15.9 Å². The smallest absolute Gasteiger partial charge is 0.184 e. The minimum absolute atomic E-state index is 0.723. The van der Waals surface area contributed by atoms with E-state index in [2.05, 4.69) is 52.1 Å². The van der Waals surface area contributed by atoms with Crippen LogP contribution in [0.15, 0.2) is 78.2 Å². The first-order chi connectivity index (χ1) is 14.2. The van der Waals surface area contributed by atoms with Crippen molar-refractivity contribution in [3.05, 3.63) is 88.8 Å². The van der Waals surface area contributed by atoms with Gasteiger partial charge >= 0.3 is 0 Å². The number of aromatic nitrogens is 2. The van der Waals surface area contributed by atoms with E-state index in [1.807, 2.05) is 36.4 Å². The standard InChI is InChI=1S/C23H16ClN3S2/c24-18-10-11-19-21(12-18)29-23(27-19)25-13-15-6-8-17(9-7-15)22-26-20(14-28-22)16-4-2-1-3-5-16/h1-12,14H,13H2,(H,25,27). The highest BCUT2D eigenvalue weighted by Gasteiger charge is 2.07. The zero-order chi connectivity index (χ0) is 19.6. The Hall–Kier alpha value is -2.73. The summed E-state index contributed by atoms with van der Waals surface area (Å²) >= 11 is 9.34. The maximum atomic E-state index is 6.06. The number of hydrogen-bond donors (Lipinski definition) is 1.